The normalized spacial score (nSPS) is 18.4. The third kappa shape index (κ3) is 3.35. The van der Waals surface area contributed by atoms with Gasteiger partial charge in [-0.05, 0) is 38.5 Å². The molecule has 0 unspecified atom stereocenters. The summed E-state index contributed by atoms with van der Waals surface area (Å²) in [6.07, 6.45) is 11.1. The molecule has 0 aromatic carbocycles. The van der Waals surface area contributed by atoms with Crippen molar-refractivity contribution in [2.24, 2.45) is 5.92 Å². The van der Waals surface area contributed by atoms with E-state index in [1.54, 1.807) is 0 Å². The SMILES string of the molecule is C=C(C(=O)OCCO)C(C1=CCCC1)C1=CCCC1. The van der Waals surface area contributed by atoms with Gasteiger partial charge in [-0.15, -0.1) is 0 Å². The predicted octanol–water partition coefficient (Wildman–Crippen LogP) is 2.91. The van der Waals surface area contributed by atoms with Gasteiger partial charge in [0.25, 0.3) is 0 Å². The van der Waals surface area contributed by atoms with Crippen LogP contribution < -0.4 is 0 Å². The first-order chi connectivity index (χ1) is 9.24. The Hall–Kier alpha value is -1.35. The molecule has 0 heterocycles. The third-order valence-corrected chi connectivity index (χ3v) is 3.83. The first kappa shape index (κ1) is 14.1. The van der Waals surface area contributed by atoms with Gasteiger partial charge < -0.3 is 9.84 Å². The van der Waals surface area contributed by atoms with E-state index in [2.05, 4.69) is 18.7 Å². The summed E-state index contributed by atoms with van der Waals surface area (Å²) >= 11 is 0. The minimum absolute atomic E-state index is 0.0381. The first-order valence-electron chi connectivity index (χ1n) is 7.08. The fourth-order valence-corrected chi connectivity index (χ4v) is 2.95. The Morgan fingerprint density at radius 3 is 2.26 bits per heavy atom. The number of hydrogen-bond donors (Lipinski definition) is 1. The second-order valence-corrected chi connectivity index (χ2v) is 5.16. The molecule has 104 valence electrons. The summed E-state index contributed by atoms with van der Waals surface area (Å²) in [6.45, 7) is 3.86. The van der Waals surface area contributed by atoms with Crippen molar-refractivity contribution < 1.29 is 14.6 Å². The van der Waals surface area contributed by atoms with Gasteiger partial charge in [0, 0.05) is 11.5 Å². The number of rotatable bonds is 6. The van der Waals surface area contributed by atoms with Gasteiger partial charge in [-0.3, -0.25) is 0 Å². The van der Waals surface area contributed by atoms with E-state index in [1.165, 1.54) is 11.1 Å². The highest BCUT2D eigenvalue weighted by Gasteiger charge is 2.29. The molecule has 0 amide bonds. The second kappa shape index (κ2) is 6.71. The van der Waals surface area contributed by atoms with Gasteiger partial charge in [0.1, 0.15) is 6.61 Å². The van der Waals surface area contributed by atoms with Crippen LogP contribution in [0.3, 0.4) is 0 Å². The maximum atomic E-state index is 12.0. The van der Waals surface area contributed by atoms with Crippen LogP contribution in [-0.4, -0.2) is 24.3 Å². The molecule has 0 aromatic heterocycles. The molecular weight excluding hydrogens is 240 g/mol. The van der Waals surface area contributed by atoms with Gasteiger partial charge in [0.2, 0.25) is 0 Å². The number of esters is 1. The van der Waals surface area contributed by atoms with Crippen LogP contribution >= 0.6 is 0 Å². The van der Waals surface area contributed by atoms with Crippen LogP contribution in [0.2, 0.25) is 0 Å². The Morgan fingerprint density at radius 2 is 1.84 bits per heavy atom. The number of allylic oxidation sites excluding steroid dienone is 4. The molecule has 3 heteroatoms. The van der Waals surface area contributed by atoms with E-state index in [0.29, 0.717) is 5.57 Å². The van der Waals surface area contributed by atoms with E-state index in [1.807, 2.05) is 0 Å². The Bertz CT molecular complexity index is 394. The van der Waals surface area contributed by atoms with E-state index in [4.69, 9.17) is 9.84 Å². The highest BCUT2D eigenvalue weighted by atomic mass is 16.5. The molecule has 0 saturated heterocycles. The molecular formula is C16H22O3. The number of hydrogen-bond acceptors (Lipinski definition) is 3. The molecule has 0 spiro atoms. The Labute approximate surface area is 114 Å². The van der Waals surface area contributed by atoms with Crippen molar-refractivity contribution in [1.82, 2.24) is 0 Å². The molecule has 0 radical (unpaired) electrons. The summed E-state index contributed by atoms with van der Waals surface area (Å²) in [5, 5.41) is 8.73. The van der Waals surface area contributed by atoms with Crippen LogP contribution in [0.1, 0.15) is 38.5 Å². The van der Waals surface area contributed by atoms with Crippen LogP contribution in [0.5, 0.6) is 0 Å². The van der Waals surface area contributed by atoms with Gasteiger partial charge in [-0.2, -0.15) is 0 Å². The number of carbonyl (C=O) groups is 1. The zero-order valence-electron chi connectivity index (χ0n) is 11.4. The van der Waals surface area contributed by atoms with Gasteiger partial charge in [0.15, 0.2) is 0 Å². The lowest BCUT2D eigenvalue weighted by atomic mass is 9.84. The smallest absolute Gasteiger partial charge is 0.334 e. The zero-order valence-corrected chi connectivity index (χ0v) is 11.4. The second-order valence-electron chi connectivity index (χ2n) is 5.16. The lowest BCUT2D eigenvalue weighted by Gasteiger charge is -2.21. The van der Waals surface area contributed by atoms with Crippen molar-refractivity contribution in [3.8, 4) is 0 Å². The van der Waals surface area contributed by atoms with Crippen molar-refractivity contribution in [2.45, 2.75) is 38.5 Å². The lowest BCUT2D eigenvalue weighted by molar-refractivity contribution is -0.140. The standard InChI is InChI=1S/C16H22O3/c1-12(16(18)19-11-10-17)15(13-6-2-3-7-13)14-8-4-5-9-14/h6,8,15,17H,1-5,7,9-11H2. The minimum Gasteiger partial charge on any atom is -0.460 e. The molecule has 1 N–H and O–H groups in total. The molecule has 2 aliphatic rings. The molecule has 19 heavy (non-hydrogen) atoms. The molecule has 0 atom stereocenters. The lowest BCUT2D eigenvalue weighted by Crippen LogP contribution is -2.19. The van der Waals surface area contributed by atoms with E-state index < -0.39 is 0 Å². The number of carbonyl (C=O) groups excluding carboxylic acids is 1. The fraction of sp³-hybridized carbons (Fsp3) is 0.562. The average Bonchev–Trinajstić information content (AvgIpc) is 3.09. The third-order valence-electron chi connectivity index (χ3n) is 3.83. The summed E-state index contributed by atoms with van der Waals surface area (Å²) in [7, 11) is 0. The number of aliphatic hydroxyl groups excluding tert-OH is 1. The Balaban J connectivity index is 2.12. The molecule has 0 aromatic rings. The van der Waals surface area contributed by atoms with Gasteiger partial charge >= 0.3 is 5.97 Å². The van der Waals surface area contributed by atoms with Gasteiger partial charge in [0.05, 0.1) is 6.61 Å². The Kier molecular flexibility index (Phi) is 4.97. The molecule has 0 aliphatic heterocycles. The molecule has 0 saturated carbocycles. The highest BCUT2D eigenvalue weighted by Crippen LogP contribution is 2.39. The van der Waals surface area contributed by atoms with E-state index >= 15 is 0 Å². The minimum atomic E-state index is -0.375. The van der Waals surface area contributed by atoms with Crippen molar-refractivity contribution in [3.63, 3.8) is 0 Å². The quantitative estimate of drug-likeness (QED) is 0.455. The average molecular weight is 262 g/mol. The largest absolute Gasteiger partial charge is 0.460 e. The van der Waals surface area contributed by atoms with Crippen molar-refractivity contribution in [2.75, 3.05) is 13.2 Å². The maximum Gasteiger partial charge on any atom is 0.334 e. The van der Waals surface area contributed by atoms with Crippen LogP contribution in [0.25, 0.3) is 0 Å². The molecule has 0 bridgehead atoms. The topological polar surface area (TPSA) is 46.5 Å². The summed E-state index contributed by atoms with van der Waals surface area (Å²) in [6, 6.07) is 0. The summed E-state index contributed by atoms with van der Waals surface area (Å²) < 4.78 is 5.01. The predicted molar refractivity (Wildman–Crippen MR) is 74.5 cm³/mol. The number of aliphatic hydroxyl groups is 1. The summed E-state index contributed by atoms with van der Waals surface area (Å²) in [5.74, 6) is -0.337. The molecule has 0 fully saturated rings. The number of ether oxygens (including phenoxy) is 1. The monoisotopic (exact) mass is 262 g/mol. The van der Waals surface area contributed by atoms with Gasteiger partial charge in [-0.25, -0.2) is 4.79 Å². The molecule has 2 aliphatic carbocycles. The highest BCUT2D eigenvalue weighted by molar-refractivity contribution is 5.89. The molecule has 2 rings (SSSR count). The van der Waals surface area contributed by atoms with E-state index in [9.17, 15) is 4.79 Å². The summed E-state index contributed by atoms with van der Waals surface area (Å²) in [5.41, 5.74) is 3.16. The van der Waals surface area contributed by atoms with E-state index in [-0.39, 0.29) is 25.1 Å². The van der Waals surface area contributed by atoms with Crippen LogP contribution in [-0.2, 0) is 9.53 Å². The van der Waals surface area contributed by atoms with Crippen molar-refractivity contribution >= 4 is 5.97 Å². The van der Waals surface area contributed by atoms with Crippen LogP contribution in [0.4, 0.5) is 0 Å². The fourth-order valence-electron chi connectivity index (χ4n) is 2.95. The molecule has 3 nitrogen and oxygen atoms in total. The van der Waals surface area contributed by atoms with Crippen molar-refractivity contribution in [1.29, 1.82) is 0 Å². The van der Waals surface area contributed by atoms with Crippen LogP contribution in [0.15, 0.2) is 35.5 Å². The van der Waals surface area contributed by atoms with Gasteiger partial charge in [-0.1, -0.05) is 29.9 Å². The first-order valence-corrected chi connectivity index (χ1v) is 7.08. The zero-order chi connectivity index (χ0) is 13.7. The van der Waals surface area contributed by atoms with Crippen molar-refractivity contribution in [3.05, 3.63) is 35.5 Å². The summed E-state index contributed by atoms with van der Waals surface area (Å²) in [4.78, 5) is 12.0. The maximum absolute atomic E-state index is 12.0. The van der Waals surface area contributed by atoms with Crippen LogP contribution in [0, 0.1) is 5.92 Å². The van der Waals surface area contributed by atoms with E-state index in [0.717, 1.165) is 38.5 Å². The Morgan fingerprint density at radius 1 is 1.26 bits per heavy atom.